The van der Waals surface area contributed by atoms with Crippen molar-refractivity contribution in [3.8, 4) is 5.88 Å². The van der Waals surface area contributed by atoms with E-state index in [2.05, 4.69) is 9.97 Å². The Kier molecular flexibility index (Phi) is 5.07. The summed E-state index contributed by atoms with van der Waals surface area (Å²) in [6.07, 6.45) is -5.99. The van der Waals surface area contributed by atoms with Crippen LogP contribution in [0.5, 0.6) is 5.88 Å². The van der Waals surface area contributed by atoms with Crippen molar-refractivity contribution < 1.29 is 32.6 Å². The zero-order valence-corrected chi connectivity index (χ0v) is 16.8. The average molecular weight is 455 g/mol. The number of amides is 3. The molecule has 9 nitrogen and oxygen atoms in total. The highest BCUT2D eigenvalue weighted by atomic mass is 32.2. The van der Waals surface area contributed by atoms with Gasteiger partial charge in [-0.2, -0.15) is 18.2 Å². The first kappa shape index (κ1) is 21.0. The van der Waals surface area contributed by atoms with Crippen molar-refractivity contribution in [3.05, 3.63) is 40.7 Å². The number of alkyl halides is 3. The molecular weight excluding hydrogens is 439 g/mol. The van der Waals surface area contributed by atoms with Gasteiger partial charge >= 0.3 is 18.3 Å². The molecule has 2 aliphatic rings. The predicted octanol–water partition coefficient (Wildman–Crippen LogP) is 3.08. The van der Waals surface area contributed by atoms with Gasteiger partial charge in [0.25, 0.3) is 0 Å². The van der Waals surface area contributed by atoms with Crippen LogP contribution < -0.4 is 15.4 Å². The fourth-order valence-electron chi connectivity index (χ4n) is 3.79. The number of hydrogen-bond acceptors (Lipinski definition) is 6. The number of urea groups is 1. The van der Waals surface area contributed by atoms with E-state index >= 15 is 0 Å². The molecule has 0 bridgehead atoms. The van der Waals surface area contributed by atoms with Gasteiger partial charge in [-0.3, -0.25) is 9.80 Å². The summed E-state index contributed by atoms with van der Waals surface area (Å²) in [5.74, 6) is -0.128. The largest absolute Gasteiger partial charge is 0.479 e. The Balaban J connectivity index is 1.95. The number of nitrogens with two attached hydrogens (primary N) is 1. The van der Waals surface area contributed by atoms with Crippen LogP contribution in [0.3, 0.4) is 0 Å². The first-order valence-electron chi connectivity index (χ1n) is 8.97. The summed E-state index contributed by atoms with van der Waals surface area (Å²) >= 11 is 1.12. The van der Waals surface area contributed by atoms with E-state index in [0.29, 0.717) is 5.56 Å². The number of methoxy groups -OCH3 is 1. The molecule has 1 atom stereocenters. The Bertz CT molecular complexity index is 1080. The first-order chi connectivity index (χ1) is 14.6. The van der Waals surface area contributed by atoms with Crippen molar-refractivity contribution in [2.45, 2.75) is 23.7 Å². The molecular formula is C18H16F3N5O4S. The monoisotopic (exact) mass is 455 g/mol. The molecule has 2 aromatic rings. The third-order valence-electron chi connectivity index (χ3n) is 5.10. The number of thioether (sulfide) groups is 1. The molecule has 1 aromatic carbocycles. The highest BCUT2D eigenvalue weighted by Gasteiger charge is 2.43. The van der Waals surface area contributed by atoms with Crippen LogP contribution in [0.15, 0.2) is 23.2 Å². The van der Waals surface area contributed by atoms with E-state index in [9.17, 15) is 27.9 Å². The maximum Gasteiger partial charge on any atom is 0.416 e. The molecule has 3 heterocycles. The molecule has 0 spiro atoms. The number of hydrogen-bond donors (Lipinski definition) is 2. The van der Waals surface area contributed by atoms with Gasteiger partial charge in [-0.1, -0.05) is 23.9 Å². The number of carbonyl (C=O) groups is 2. The van der Waals surface area contributed by atoms with Gasteiger partial charge in [0.2, 0.25) is 5.88 Å². The Labute approximate surface area is 178 Å². The summed E-state index contributed by atoms with van der Waals surface area (Å²) in [5.41, 5.74) is 4.77. The molecule has 31 heavy (non-hydrogen) atoms. The maximum absolute atomic E-state index is 13.8. The molecule has 2 aliphatic heterocycles. The quantitative estimate of drug-likeness (QED) is 0.668. The molecule has 0 saturated heterocycles. The zero-order chi connectivity index (χ0) is 22.5. The third-order valence-corrected chi connectivity index (χ3v) is 6.04. The van der Waals surface area contributed by atoms with Crippen molar-refractivity contribution in [1.29, 1.82) is 0 Å². The van der Waals surface area contributed by atoms with Gasteiger partial charge in [-0.15, -0.1) is 0 Å². The van der Waals surface area contributed by atoms with Gasteiger partial charge in [0.05, 0.1) is 18.6 Å². The average Bonchev–Trinajstić information content (AvgIpc) is 3.15. The van der Waals surface area contributed by atoms with Gasteiger partial charge in [-0.05, 0) is 23.6 Å². The Hall–Kier alpha value is -3.22. The lowest BCUT2D eigenvalue weighted by atomic mass is 9.88. The van der Waals surface area contributed by atoms with Crippen molar-refractivity contribution >= 4 is 29.6 Å². The lowest BCUT2D eigenvalue weighted by molar-refractivity contribution is -0.138. The van der Waals surface area contributed by atoms with E-state index in [-0.39, 0.29) is 46.8 Å². The standard InChI is InChI=1S/C18H16F3N5O4S/c1-30-14-12-15(31-7-26(12)16(22)27)24-13(23-14)11-10-8(5-6-25(11)17(28)29)3-2-4-9(10)18(19,20)21/h2-4,11H,5-7H2,1H3,(H2,22,27)(H,28,29). The molecule has 0 aliphatic carbocycles. The molecule has 1 aromatic heterocycles. The summed E-state index contributed by atoms with van der Waals surface area (Å²) in [6.45, 7) is -0.0301. The lowest BCUT2D eigenvalue weighted by Crippen LogP contribution is -2.41. The number of primary amides is 1. The number of rotatable bonds is 2. The number of halogens is 3. The SMILES string of the molecule is COc1nc(C2c3c(cccc3C(F)(F)F)CCN2C(=O)O)nc2c1N(C(N)=O)CS2. The smallest absolute Gasteiger partial charge is 0.416 e. The van der Waals surface area contributed by atoms with Crippen molar-refractivity contribution in [2.24, 2.45) is 5.73 Å². The van der Waals surface area contributed by atoms with E-state index in [1.165, 1.54) is 24.1 Å². The number of carbonyl (C=O) groups excluding carboxylic acids is 1. The summed E-state index contributed by atoms with van der Waals surface area (Å²) in [4.78, 5) is 34.2. The molecule has 0 radical (unpaired) electrons. The Morgan fingerprint density at radius 2 is 2.06 bits per heavy atom. The number of nitrogens with zero attached hydrogens (tertiary/aromatic N) is 4. The van der Waals surface area contributed by atoms with Gasteiger partial charge in [0.15, 0.2) is 5.82 Å². The molecule has 13 heteroatoms. The van der Waals surface area contributed by atoms with Crippen LogP contribution in [0.2, 0.25) is 0 Å². The summed E-state index contributed by atoms with van der Waals surface area (Å²) in [5, 5.41) is 9.97. The second kappa shape index (κ2) is 7.48. The summed E-state index contributed by atoms with van der Waals surface area (Å²) < 4.78 is 46.7. The van der Waals surface area contributed by atoms with Crippen LogP contribution in [0.25, 0.3) is 0 Å². The highest BCUT2D eigenvalue weighted by Crippen LogP contribution is 2.46. The van der Waals surface area contributed by atoms with Crippen molar-refractivity contribution in [3.63, 3.8) is 0 Å². The number of carboxylic acid groups (broad SMARTS) is 1. The molecule has 164 valence electrons. The molecule has 3 N–H and O–H groups in total. The number of ether oxygens (including phenoxy) is 1. The summed E-state index contributed by atoms with van der Waals surface area (Å²) in [6, 6.07) is 1.56. The van der Waals surface area contributed by atoms with Crippen LogP contribution in [-0.2, 0) is 12.6 Å². The molecule has 3 amide bonds. The predicted molar refractivity (Wildman–Crippen MR) is 103 cm³/mol. The fourth-order valence-corrected chi connectivity index (χ4v) is 4.79. The van der Waals surface area contributed by atoms with Crippen LogP contribution in [0, 0.1) is 0 Å². The number of fused-ring (bicyclic) bond motifs is 2. The summed E-state index contributed by atoms with van der Waals surface area (Å²) in [7, 11) is 1.28. The Morgan fingerprint density at radius 3 is 2.68 bits per heavy atom. The number of aromatic nitrogens is 2. The van der Waals surface area contributed by atoms with Crippen molar-refractivity contribution in [2.75, 3.05) is 24.4 Å². The minimum Gasteiger partial charge on any atom is -0.479 e. The van der Waals surface area contributed by atoms with Crippen molar-refractivity contribution in [1.82, 2.24) is 14.9 Å². The van der Waals surface area contributed by atoms with Crippen LogP contribution in [0.1, 0.15) is 28.6 Å². The Morgan fingerprint density at radius 1 is 1.32 bits per heavy atom. The van der Waals surface area contributed by atoms with E-state index in [0.717, 1.165) is 22.7 Å². The van der Waals surface area contributed by atoms with Crippen LogP contribution >= 0.6 is 11.8 Å². The molecule has 1 unspecified atom stereocenters. The van der Waals surface area contributed by atoms with E-state index < -0.39 is 29.9 Å². The molecule has 4 rings (SSSR count). The number of benzene rings is 1. The normalized spacial score (nSPS) is 17.9. The second-order valence-electron chi connectivity index (χ2n) is 6.79. The topological polar surface area (TPSA) is 122 Å². The third kappa shape index (κ3) is 3.48. The van der Waals surface area contributed by atoms with Gasteiger partial charge < -0.3 is 15.6 Å². The van der Waals surface area contributed by atoms with E-state index in [1.807, 2.05) is 0 Å². The highest BCUT2D eigenvalue weighted by molar-refractivity contribution is 7.99. The zero-order valence-electron chi connectivity index (χ0n) is 16.0. The lowest BCUT2D eigenvalue weighted by Gasteiger charge is -2.36. The van der Waals surface area contributed by atoms with E-state index in [4.69, 9.17) is 10.5 Å². The van der Waals surface area contributed by atoms with Crippen LogP contribution in [0.4, 0.5) is 28.4 Å². The van der Waals surface area contributed by atoms with Gasteiger partial charge in [0, 0.05) is 6.54 Å². The fraction of sp³-hybridized carbons (Fsp3) is 0.333. The van der Waals surface area contributed by atoms with Gasteiger partial charge in [0.1, 0.15) is 16.8 Å². The number of anilines is 1. The second-order valence-corrected chi connectivity index (χ2v) is 7.72. The molecule has 0 fully saturated rings. The molecule has 0 saturated carbocycles. The van der Waals surface area contributed by atoms with E-state index in [1.54, 1.807) is 0 Å². The minimum atomic E-state index is -4.70. The first-order valence-corrected chi connectivity index (χ1v) is 9.96. The maximum atomic E-state index is 13.8. The van der Waals surface area contributed by atoms with Gasteiger partial charge in [-0.25, -0.2) is 14.6 Å². The van der Waals surface area contributed by atoms with Crippen LogP contribution in [-0.4, -0.2) is 51.6 Å². The minimum absolute atomic E-state index is 0.0301.